The minimum atomic E-state index is -0.343. The lowest BCUT2D eigenvalue weighted by Crippen LogP contribution is -2.39. The van der Waals surface area contributed by atoms with E-state index in [2.05, 4.69) is 15.5 Å². The van der Waals surface area contributed by atoms with Gasteiger partial charge in [-0.2, -0.15) is 5.10 Å². The molecule has 1 amide bonds. The largest absolute Gasteiger partial charge is 0.337 e. The molecule has 3 aromatic heterocycles. The molecule has 0 aliphatic carbocycles. The number of amides is 1. The van der Waals surface area contributed by atoms with Crippen molar-refractivity contribution in [2.75, 3.05) is 18.4 Å². The van der Waals surface area contributed by atoms with Gasteiger partial charge < -0.3 is 10.2 Å². The predicted octanol–water partition coefficient (Wildman–Crippen LogP) is 3.38. The van der Waals surface area contributed by atoms with Gasteiger partial charge in [0.15, 0.2) is 0 Å². The molecule has 0 unspecified atom stereocenters. The minimum Gasteiger partial charge on any atom is -0.337 e. The number of hydrogen-bond donors (Lipinski definition) is 2. The first kappa shape index (κ1) is 19.4. The molecule has 0 radical (unpaired) electrons. The molecule has 4 heterocycles. The average molecular weight is 438 g/mol. The molecular formula is C21H19FN6O2S. The molecule has 0 bridgehead atoms. The number of thiazole rings is 1. The first-order chi connectivity index (χ1) is 15.1. The van der Waals surface area contributed by atoms with E-state index < -0.39 is 0 Å². The highest BCUT2D eigenvalue weighted by molar-refractivity contribution is 7.15. The number of imidazole rings is 1. The Kier molecular flexibility index (Phi) is 4.99. The SMILES string of the molecule is O=C(c1ccc(=O)[nH]n1)N1CCC[C@@H](c2nc(Nc3cccc(F)c3)n3ccsc23)C1. The number of nitrogens with one attached hydrogen (secondary N) is 2. The first-order valence-electron chi connectivity index (χ1n) is 9.91. The van der Waals surface area contributed by atoms with Gasteiger partial charge in [-0.05, 0) is 37.1 Å². The second-order valence-electron chi connectivity index (χ2n) is 7.43. The molecule has 0 saturated carbocycles. The molecule has 1 aliphatic heterocycles. The van der Waals surface area contributed by atoms with Gasteiger partial charge in [0.05, 0.1) is 5.69 Å². The van der Waals surface area contributed by atoms with E-state index in [4.69, 9.17) is 4.98 Å². The Balaban J connectivity index is 1.41. The van der Waals surface area contributed by atoms with E-state index in [9.17, 15) is 14.0 Å². The second-order valence-corrected chi connectivity index (χ2v) is 8.33. The molecule has 1 saturated heterocycles. The zero-order valence-corrected chi connectivity index (χ0v) is 17.2. The van der Waals surface area contributed by atoms with Crippen LogP contribution in [-0.4, -0.2) is 43.5 Å². The molecule has 1 aliphatic rings. The maximum Gasteiger partial charge on any atom is 0.274 e. The predicted molar refractivity (Wildman–Crippen MR) is 115 cm³/mol. The van der Waals surface area contributed by atoms with Gasteiger partial charge >= 0.3 is 0 Å². The summed E-state index contributed by atoms with van der Waals surface area (Å²) in [7, 11) is 0. The number of piperidine rings is 1. The van der Waals surface area contributed by atoms with Crippen molar-refractivity contribution in [3.05, 3.63) is 75.5 Å². The van der Waals surface area contributed by atoms with Gasteiger partial charge in [-0.25, -0.2) is 14.5 Å². The lowest BCUT2D eigenvalue weighted by Gasteiger charge is -2.31. The third kappa shape index (κ3) is 3.81. The van der Waals surface area contributed by atoms with Crippen LogP contribution in [0.5, 0.6) is 0 Å². The number of nitrogens with zero attached hydrogens (tertiary/aromatic N) is 4. The summed E-state index contributed by atoms with van der Waals surface area (Å²) < 4.78 is 15.5. The number of fused-ring (bicyclic) bond motifs is 1. The zero-order valence-electron chi connectivity index (χ0n) is 16.4. The summed E-state index contributed by atoms with van der Waals surface area (Å²) in [6.45, 7) is 1.15. The topological polar surface area (TPSA) is 95.4 Å². The maximum atomic E-state index is 13.6. The van der Waals surface area contributed by atoms with E-state index >= 15 is 0 Å². The molecule has 158 valence electrons. The zero-order chi connectivity index (χ0) is 21.4. The van der Waals surface area contributed by atoms with E-state index in [1.54, 1.807) is 28.4 Å². The molecule has 31 heavy (non-hydrogen) atoms. The van der Waals surface area contributed by atoms with Crippen molar-refractivity contribution >= 4 is 33.7 Å². The number of benzene rings is 1. The van der Waals surface area contributed by atoms with Crippen molar-refractivity contribution in [3.63, 3.8) is 0 Å². The van der Waals surface area contributed by atoms with Gasteiger partial charge in [0, 0.05) is 42.3 Å². The number of carbonyl (C=O) groups excluding carboxylic acids is 1. The van der Waals surface area contributed by atoms with Crippen LogP contribution in [0.15, 0.2) is 52.8 Å². The lowest BCUT2D eigenvalue weighted by molar-refractivity contribution is 0.0699. The van der Waals surface area contributed by atoms with Crippen LogP contribution < -0.4 is 10.9 Å². The number of halogens is 1. The van der Waals surface area contributed by atoms with Crippen LogP contribution in [0, 0.1) is 5.82 Å². The molecular weight excluding hydrogens is 419 g/mol. The fourth-order valence-corrected chi connectivity index (χ4v) is 4.81. The van der Waals surface area contributed by atoms with Crippen molar-refractivity contribution in [1.29, 1.82) is 0 Å². The molecule has 0 spiro atoms. The van der Waals surface area contributed by atoms with Crippen LogP contribution in [0.25, 0.3) is 4.83 Å². The highest BCUT2D eigenvalue weighted by atomic mass is 32.1. The molecule has 2 N–H and O–H groups in total. The van der Waals surface area contributed by atoms with Crippen LogP contribution in [0.2, 0.25) is 0 Å². The van der Waals surface area contributed by atoms with Gasteiger partial charge in [-0.15, -0.1) is 11.3 Å². The quantitative estimate of drug-likeness (QED) is 0.509. The lowest BCUT2D eigenvalue weighted by atomic mass is 9.95. The molecule has 5 rings (SSSR count). The Morgan fingerprint density at radius 2 is 2.19 bits per heavy atom. The molecule has 10 heteroatoms. The van der Waals surface area contributed by atoms with Crippen molar-refractivity contribution in [1.82, 2.24) is 24.5 Å². The van der Waals surface area contributed by atoms with Crippen molar-refractivity contribution < 1.29 is 9.18 Å². The monoisotopic (exact) mass is 438 g/mol. The molecule has 1 fully saturated rings. The van der Waals surface area contributed by atoms with Crippen LogP contribution in [0.3, 0.4) is 0 Å². The Bertz CT molecular complexity index is 1290. The fraction of sp³-hybridized carbons (Fsp3) is 0.238. The van der Waals surface area contributed by atoms with Gasteiger partial charge in [-0.3, -0.25) is 14.0 Å². The Hall–Kier alpha value is -3.53. The normalized spacial score (nSPS) is 16.5. The summed E-state index contributed by atoms with van der Waals surface area (Å²) in [5.41, 5.74) is 1.42. The Labute approximate surface area is 180 Å². The van der Waals surface area contributed by atoms with E-state index in [1.165, 1.54) is 24.3 Å². The first-order valence-corrected chi connectivity index (χ1v) is 10.8. The van der Waals surface area contributed by atoms with Crippen LogP contribution in [-0.2, 0) is 0 Å². The number of carbonyl (C=O) groups is 1. The van der Waals surface area contributed by atoms with E-state index in [1.807, 2.05) is 16.0 Å². The Morgan fingerprint density at radius 3 is 3.00 bits per heavy atom. The number of rotatable bonds is 4. The summed E-state index contributed by atoms with van der Waals surface area (Å²) in [4.78, 5) is 31.7. The molecule has 1 atom stereocenters. The average Bonchev–Trinajstić information content (AvgIpc) is 3.38. The number of hydrogen-bond acceptors (Lipinski definition) is 6. The van der Waals surface area contributed by atoms with Crippen molar-refractivity contribution in [3.8, 4) is 0 Å². The number of H-pyrrole nitrogens is 1. The highest BCUT2D eigenvalue weighted by Gasteiger charge is 2.30. The van der Waals surface area contributed by atoms with Gasteiger partial charge in [-0.1, -0.05) is 6.07 Å². The summed E-state index contributed by atoms with van der Waals surface area (Å²) in [5.74, 6) is 0.154. The number of aromatic nitrogens is 4. The number of anilines is 2. The second kappa shape index (κ2) is 7.95. The van der Waals surface area contributed by atoms with Gasteiger partial charge in [0.25, 0.3) is 11.5 Å². The maximum absolute atomic E-state index is 13.6. The minimum absolute atomic E-state index is 0.0668. The highest BCUT2D eigenvalue weighted by Crippen LogP contribution is 2.34. The summed E-state index contributed by atoms with van der Waals surface area (Å²) in [6.07, 6.45) is 3.68. The Morgan fingerprint density at radius 1 is 1.29 bits per heavy atom. The van der Waals surface area contributed by atoms with Crippen molar-refractivity contribution in [2.45, 2.75) is 18.8 Å². The van der Waals surface area contributed by atoms with Gasteiger partial charge in [0.1, 0.15) is 16.3 Å². The standard InChI is InChI=1S/C21H19FN6O2S/c22-14-4-1-5-15(11-14)23-21-24-18(20-28(21)9-10-31-20)13-3-2-8-27(12-13)19(30)16-6-7-17(29)26-25-16/h1,4-7,9-11,13H,2-3,8,12H2,(H,23,24)(H,26,29)/t13-/m1/s1. The van der Waals surface area contributed by atoms with E-state index in [0.717, 1.165) is 23.4 Å². The van der Waals surface area contributed by atoms with Gasteiger partial charge in [0.2, 0.25) is 5.95 Å². The van der Waals surface area contributed by atoms with E-state index in [-0.39, 0.29) is 28.9 Å². The summed E-state index contributed by atoms with van der Waals surface area (Å²) in [6, 6.07) is 9.00. The third-order valence-corrected chi connectivity index (χ3v) is 6.24. The van der Waals surface area contributed by atoms with Crippen LogP contribution in [0.1, 0.15) is 34.9 Å². The van der Waals surface area contributed by atoms with E-state index in [0.29, 0.717) is 24.7 Å². The summed E-state index contributed by atoms with van der Waals surface area (Å²) >= 11 is 1.58. The molecule has 1 aromatic carbocycles. The molecule has 4 aromatic rings. The smallest absolute Gasteiger partial charge is 0.274 e. The number of aromatic amines is 1. The van der Waals surface area contributed by atoms with Crippen LogP contribution in [0.4, 0.5) is 16.0 Å². The summed E-state index contributed by atoms with van der Waals surface area (Å²) in [5, 5.41) is 11.3. The fourth-order valence-electron chi connectivity index (χ4n) is 3.91. The third-order valence-electron chi connectivity index (χ3n) is 5.36. The molecule has 8 nitrogen and oxygen atoms in total. The van der Waals surface area contributed by atoms with Crippen molar-refractivity contribution in [2.24, 2.45) is 0 Å². The number of likely N-dealkylation sites (tertiary alicyclic amines) is 1. The van der Waals surface area contributed by atoms with Crippen LogP contribution >= 0.6 is 11.3 Å².